The van der Waals surface area contributed by atoms with E-state index in [1.807, 2.05) is 47.6 Å². The van der Waals surface area contributed by atoms with Crippen LogP contribution in [0.15, 0.2) is 6.07 Å². The molecule has 1 aliphatic heterocycles. The maximum absolute atomic E-state index is 13.0. The molecule has 1 aromatic rings. The summed E-state index contributed by atoms with van der Waals surface area (Å²) in [5, 5.41) is 14.0. The first-order valence-electron chi connectivity index (χ1n) is 8.89. The van der Waals surface area contributed by atoms with Crippen molar-refractivity contribution in [3.8, 4) is 0 Å². The van der Waals surface area contributed by atoms with Gasteiger partial charge in [-0.05, 0) is 32.8 Å². The lowest BCUT2D eigenvalue weighted by Crippen LogP contribution is -2.51. The van der Waals surface area contributed by atoms with Crippen molar-refractivity contribution in [3.05, 3.63) is 16.5 Å². The Bertz CT molecular complexity index is 658. The van der Waals surface area contributed by atoms with Gasteiger partial charge in [-0.1, -0.05) is 27.7 Å². The summed E-state index contributed by atoms with van der Waals surface area (Å²) in [7, 11) is 0. The van der Waals surface area contributed by atoms with Gasteiger partial charge in [0.15, 0.2) is 0 Å². The Morgan fingerprint density at radius 1 is 1.44 bits per heavy atom. The molecule has 0 unspecified atom stereocenters. The highest BCUT2D eigenvalue weighted by atomic mass is 32.1. The number of thiophene rings is 1. The average Bonchev–Trinajstić information content (AvgIpc) is 2.86. The van der Waals surface area contributed by atoms with Crippen molar-refractivity contribution in [2.45, 2.75) is 60.0 Å². The molecule has 1 saturated heterocycles. The molecular weight excluding hydrogens is 336 g/mol. The first-order chi connectivity index (χ1) is 11.5. The summed E-state index contributed by atoms with van der Waals surface area (Å²) in [4.78, 5) is 28.1. The van der Waals surface area contributed by atoms with E-state index in [9.17, 15) is 14.7 Å². The maximum Gasteiger partial charge on any atom is 0.256 e. The molecule has 140 valence electrons. The molecule has 2 amide bonds. The third-order valence-electron chi connectivity index (χ3n) is 4.98. The predicted octanol–water partition coefficient (Wildman–Crippen LogP) is 3.66. The number of carbonyl (C=O) groups excluding carboxylic acids is 2. The van der Waals surface area contributed by atoms with Gasteiger partial charge < -0.3 is 15.3 Å². The molecule has 0 radical (unpaired) electrons. The number of amides is 2. The highest BCUT2D eigenvalue weighted by Crippen LogP contribution is 2.34. The Morgan fingerprint density at radius 3 is 2.64 bits per heavy atom. The number of carbonyl (C=O) groups is 2. The van der Waals surface area contributed by atoms with Crippen molar-refractivity contribution in [2.24, 2.45) is 11.3 Å². The zero-order valence-corrected chi connectivity index (χ0v) is 16.9. The molecule has 0 saturated carbocycles. The van der Waals surface area contributed by atoms with Gasteiger partial charge in [-0.15, -0.1) is 11.3 Å². The number of hydrogen-bond donors (Lipinski definition) is 2. The second kappa shape index (κ2) is 7.08. The molecule has 0 aliphatic carbocycles. The van der Waals surface area contributed by atoms with Crippen LogP contribution in [0.4, 0.5) is 5.00 Å². The van der Waals surface area contributed by atoms with Crippen molar-refractivity contribution in [1.29, 1.82) is 0 Å². The lowest BCUT2D eigenvalue weighted by Gasteiger charge is -2.42. The van der Waals surface area contributed by atoms with Gasteiger partial charge in [-0.25, -0.2) is 0 Å². The van der Waals surface area contributed by atoms with E-state index in [0.29, 0.717) is 30.1 Å². The van der Waals surface area contributed by atoms with Crippen LogP contribution < -0.4 is 5.32 Å². The fourth-order valence-corrected chi connectivity index (χ4v) is 4.00. The number of anilines is 1. The van der Waals surface area contributed by atoms with Gasteiger partial charge in [0.25, 0.3) is 5.91 Å². The van der Waals surface area contributed by atoms with Crippen molar-refractivity contribution < 1.29 is 14.7 Å². The third-order valence-corrected chi connectivity index (χ3v) is 5.95. The molecule has 2 rings (SSSR count). The largest absolute Gasteiger partial charge is 0.390 e. The first-order valence-corrected chi connectivity index (χ1v) is 9.71. The monoisotopic (exact) mass is 366 g/mol. The molecule has 25 heavy (non-hydrogen) atoms. The molecular formula is C19H30N2O3S. The van der Waals surface area contributed by atoms with E-state index in [2.05, 4.69) is 5.32 Å². The standard InChI is InChI=1S/C19H30N2O3S/c1-7-13-11-21(9-8-19(13,6)24)16(22)14-10-12(2)25-15(14)20-17(23)18(3,4)5/h10,13,24H,7-9,11H2,1-6H3,(H,20,23)/t13-,19+/m0/s1. The second-order valence-electron chi connectivity index (χ2n) is 8.27. The van der Waals surface area contributed by atoms with Crippen LogP contribution in [0.2, 0.25) is 0 Å². The van der Waals surface area contributed by atoms with Gasteiger partial charge in [0.2, 0.25) is 5.91 Å². The van der Waals surface area contributed by atoms with Crippen LogP contribution in [0.5, 0.6) is 0 Å². The minimum atomic E-state index is -0.723. The topological polar surface area (TPSA) is 69.6 Å². The molecule has 0 aromatic carbocycles. The summed E-state index contributed by atoms with van der Waals surface area (Å²) in [6, 6.07) is 1.85. The average molecular weight is 367 g/mol. The van der Waals surface area contributed by atoms with E-state index in [4.69, 9.17) is 0 Å². The van der Waals surface area contributed by atoms with E-state index >= 15 is 0 Å². The van der Waals surface area contributed by atoms with Crippen molar-refractivity contribution >= 4 is 28.2 Å². The van der Waals surface area contributed by atoms with Gasteiger partial charge in [0.1, 0.15) is 5.00 Å². The van der Waals surface area contributed by atoms with Crippen LogP contribution in [-0.4, -0.2) is 40.5 Å². The Kier molecular flexibility index (Phi) is 5.64. The normalized spacial score (nSPS) is 24.3. The molecule has 1 fully saturated rings. The summed E-state index contributed by atoms with van der Waals surface area (Å²) in [5.74, 6) is -0.100. The van der Waals surface area contributed by atoms with Crippen molar-refractivity contribution in [2.75, 3.05) is 18.4 Å². The molecule has 2 heterocycles. The quantitative estimate of drug-likeness (QED) is 0.858. The number of nitrogens with zero attached hydrogens (tertiary/aromatic N) is 1. The van der Waals surface area contributed by atoms with Gasteiger partial charge in [0.05, 0.1) is 11.2 Å². The number of aliphatic hydroxyl groups is 1. The van der Waals surface area contributed by atoms with Gasteiger partial charge in [0, 0.05) is 29.3 Å². The van der Waals surface area contributed by atoms with Crippen molar-refractivity contribution in [1.82, 2.24) is 4.90 Å². The first kappa shape index (κ1) is 19.9. The van der Waals surface area contributed by atoms with Gasteiger partial charge in [-0.2, -0.15) is 0 Å². The summed E-state index contributed by atoms with van der Waals surface area (Å²) in [6.07, 6.45) is 1.40. The zero-order chi connectivity index (χ0) is 19.0. The van der Waals surface area contributed by atoms with E-state index < -0.39 is 11.0 Å². The summed E-state index contributed by atoms with van der Waals surface area (Å²) in [6.45, 7) is 12.5. The molecule has 1 aromatic heterocycles. The van der Waals surface area contributed by atoms with Crippen LogP contribution in [0.25, 0.3) is 0 Å². The molecule has 1 aliphatic rings. The Hall–Kier alpha value is -1.40. The van der Waals surface area contributed by atoms with Crippen LogP contribution in [-0.2, 0) is 4.79 Å². The lowest BCUT2D eigenvalue weighted by molar-refractivity contribution is -0.123. The molecule has 2 atom stereocenters. The highest BCUT2D eigenvalue weighted by Gasteiger charge is 2.38. The van der Waals surface area contributed by atoms with Crippen LogP contribution in [0, 0.1) is 18.3 Å². The van der Waals surface area contributed by atoms with E-state index in [-0.39, 0.29) is 17.7 Å². The fourth-order valence-electron chi connectivity index (χ4n) is 3.10. The highest BCUT2D eigenvalue weighted by molar-refractivity contribution is 7.16. The molecule has 0 spiro atoms. The number of likely N-dealkylation sites (tertiary alicyclic amines) is 1. The lowest BCUT2D eigenvalue weighted by atomic mass is 9.81. The smallest absolute Gasteiger partial charge is 0.256 e. The minimum absolute atomic E-state index is 0.0671. The van der Waals surface area contributed by atoms with Crippen molar-refractivity contribution in [3.63, 3.8) is 0 Å². The molecule has 6 heteroatoms. The van der Waals surface area contributed by atoms with Gasteiger partial charge >= 0.3 is 0 Å². The summed E-state index contributed by atoms with van der Waals surface area (Å²) in [5.41, 5.74) is -0.689. The number of hydrogen-bond acceptors (Lipinski definition) is 4. The Morgan fingerprint density at radius 2 is 2.08 bits per heavy atom. The predicted molar refractivity (Wildman–Crippen MR) is 102 cm³/mol. The summed E-state index contributed by atoms with van der Waals surface area (Å²) >= 11 is 1.43. The number of aryl methyl sites for hydroxylation is 1. The number of rotatable bonds is 3. The SMILES string of the molecule is CC[C@H]1CN(C(=O)c2cc(C)sc2NC(=O)C(C)(C)C)CC[C@@]1(C)O. The van der Waals surface area contributed by atoms with Crippen LogP contribution in [0.3, 0.4) is 0 Å². The van der Waals surface area contributed by atoms with Crippen LogP contribution >= 0.6 is 11.3 Å². The zero-order valence-electron chi connectivity index (χ0n) is 16.1. The fraction of sp³-hybridized carbons (Fsp3) is 0.684. The molecule has 0 bridgehead atoms. The Labute approximate surface area is 154 Å². The van der Waals surface area contributed by atoms with Crippen LogP contribution in [0.1, 0.15) is 62.7 Å². The van der Waals surface area contributed by atoms with Gasteiger partial charge in [-0.3, -0.25) is 9.59 Å². The maximum atomic E-state index is 13.0. The Balaban J connectivity index is 2.21. The number of piperidine rings is 1. The third kappa shape index (κ3) is 4.42. The van der Waals surface area contributed by atoms with E-state index in [1.165, 1.54) is 11.3 Å². The molecule has 2 N–H and O–H groups in total. The second-order valence-corrected chi connectivity index (χ2v) is 9.52. The van der Waals surface area contributed by atoms with E-state index in [0.717, 1.165) is 11.3 Å². The number of nitrogens with one attached hydrogen (secondary N) is 1. The van der Waals surface area contributed by atoms with E-state index in [1.54, 1.807) is 4.90 Å². The minimum Gasteiger partial charge on any atom is -0.390 e. The summed E-state index contributed by atoms with van der Waals surface area (Å²) < 4.78 is 0. The molecule has 5 nitrogen and oxygen atoms in total.